The molecule has 0 aromatic carbocycles. The molecule has 2 aromatic rings. The molecule has 7 heteroatoms. The standard InChI is InChI=1S/C10H15N5O2/c1-4-6-15-8-7(13(3)12-11-8)9(16)14(5-2)10(15)17/h4-6H2,1-3H3. The Morgan fingerprint density at radius 3 is 2.47 bits per heavy atom. The first-order chi connectivity index (χ1) is 8.11. The second-order valence-corrected chi connectivity index (χ2v) is 3.87. The van der Waals surface area contributed by atoms with Crippen LogP contribution in [0.3, 0.4) is 0 Å². The molecule has 17 heavy (non-hydrogen) atoms. The first kappa shape index (κ1) is 11.6. The van der Waals surface area contributed by atoms with Gasteiger partial charge in [-0.1, -0.05) is 12.1 Å². The third-order valence-electron chi connectivity index (χ3n) is 2.74. The molecule has 7 nitrogen and oxygen atoms in total. The van der Waals surface area contributed by atoms with E-state index in [0.717, 1.165) is 6.42 Å². The summed E-state index contributed by atoms with van der Waals surface area (Å²) in [6, 6.07) is 0. The van der Waals surface area contributed by atoms with Gasteiger partial charge in [-0.2, -0.15) is 0 Å². The minimum Gasteiger partial charge on any atom is -0.274 e. The molecule has 0 radical (unpaired) electrons. The lowest BCUT2D eigenvalue weighted by Gasteiger charge is -2.08. The lowest BCUT2D eigenvalue weighted by Crippen LogP contribution is -2.40. The summed E-state index contributed by atoms with van der Waals surface area (Å²) in [7, 11) is 1.65. The zero-order valence-electron chi connectivity index (χ0n) is 10.2. The summed E-state index contributed by atoms with van der Waals surface area (Å²) in [6.07, 6.45) is 0.799. The first-order valence-corrected chi connectivity index (χ1v) is 5.64. The predicted octanol–water partition coefficient (Wildman–Crippen LogP) is -0.278. The zero-order valence-corrected chi connectivity index (χ0v) is 10.2. The van der Waals surface area contributed by atoms with Crippen LogP contribution in [0.1, 0.15) is 20.3 Å². The van der Waals surface area contributed by atoms with Crippen LogP contribution in [0, 0.1) is 0 Å². The third kappa shape index (κ3) is 1.58. The van der Waals surface area contributed by atoms with Crippen molar-refractivity contribution in [1.82, 2.24) is 24.1 Å². The second kappa shape index (κ2) is 4.15. The summed E-state index contributed by atoms with van der Waals surface area (Å²) >= 11 is 0. The lowest BCUT2D eigenvalue weighted by atomic mass is 10.4. The average Bonchev–Trinajstić information content (AvgIpc) is 2.67. The van der Waals surface area contributed by atoms with Crippen LogP contribution in [0.5, 0.6) is 0 Å². The number of hydrogen-bond acceptors (Lipinski definition) is 4. The number of aromatic nitrogens is 5. The molecule has 2 aromatic heterocycles. The van der Waals surface area contributed by atoms with Crippen molar-refractivity contribution in [2.24, 2.45) is 7.05 Å². The molecule has 2 heterocycles. The van der Waals surface area contributed by atoms with E-state index in [1.165, 1.54) is 13.8 Å². The molecular weight excluding hydrogens is 222 g/mol. The number of rotatable bonds is 3. The van der Waals surface area contributed by atoms with Gasteiger partial charge in [0, 0.05) is 20.1 Å². The topological polar surface area (TPSA) is 74.7 Å². The minimum atomic E-state index is -0.327. The highest BCUT2D eigenvalue weighted by Crippen LogP contribution is 2.03. The maximum Gasteiger partial charge on any atom is 0.332 e. The summed E-state index contributed by atoms with van der Waals surface area (Å²) in [6.45, 7) is 4.63. The van der Waals surface area contributed by atoms with Crippen molar-refractivity contribution in [2.75, 3.05) is 0 Å². The summed E-state index contributed by atoms with van der Waals surface area (Å²) < 4.78 is 4.13. The zero-order chi connectivity index (χ0) is 12.6. The molecule has 0 aliphatic carbocycles. The molecule has 0 amide bonds. The SMILES string of the molecule is CCCn1c(=O)n(CC)c(=O)c2c1nnn2C. The summed E-state index contributed by atoms with van der Waals surface area (Å²) in [5, 5.41) is 7.71. The van der Waals surface area contributed by atoms with Gasteiger partial charge in [-0.25, -0.2) is 9.48 Å². The summed E-state index contributed by atoms with van der Waals surface area (Å²) in [5.74, 6) is 0. The van der Waals surface area contributed by atoms with Crippen LogP contribution >= 0.6 is 0 Å². The molecule has 0 spiro atoms. The van der Waals surface area contributed by atoms with Gasteiger partial charge in [0.05, 0.1) is 0 Å². The lowest BCUT2D eigenvalue weighted by molar-refractivity contribution is 0.579. The van der Waals surface area contributed by atoms with E-state index in [0.29, 0.717) is 24.3 Å². The van der Waals surface area contributed by atoms with Crippen molar-refractivity contribution >= 4 is 11.2 Å². The molecule has 92 valence electrons. The quantitative estimate of drug-likeness (QED) is 0.736. The number of hydrogen-bond donors (Lipinski definition) is 0. The van der Waals surface area contributed by atoms with Crippen LogP contribution in [0.15, 0.2) is 9.59 Å². The first-order valence-electron chi connectivity index (χ1n) is 5.64. The van der Waals surface area contributed by atoms with Gasteiger partial charge in [-0.05, 0) is 13.3 Å². The van der Waals surface area contributed by atoms with E-state index in [1.807, 2.05) is 6.92 Å². The Morgan fingerprint density at radius 2 is 1.88 bits per heavy atom. The monoisotopic (exact) mass is 237 g/mol. The smallest absolute Gasteiger partial charge is 0.274 e. The Kier molecular flexibility index (Phi) is 2.83. The van der Waals surface area contributed by atoms with Gasteiger partial charge in [-0.15, -0.1) is 5.10 Å². The Balaban J connectivity index is 2.98. The molecule has 0 saturated heterocycles. The van der Waals surface area contributed by atoms with E-state index in [4.69, 9.17) is 0 Å². The van der Waals surface area contributed by atoms with Crippen LogP contribution in [-0.2, 0) is 20.1 Å². The molecule has 0 saturated carbocycles. The Morgan fingerprint density at radius 1 is 1.18 bits per heavy atom. The van der Waals surface area contributed by atoms with Gasteiger partial charge in [0.2, 0.25) is 0 Å². The fourth-order valence-corrected chi connectivity index (χ4v) is 1.92. The van der Waals surface area contributed by atoms with Crippen LogP contribution < -0.4 is 11.2 Å². The van der Waals surface area contributed by atoms with Gasteiger partial charge >= 0.3 is 5.69 Å². The highest BCUT2D eigenvalue weighted by molar-refractivity contribution is 5.68. The molecule has 0 aliphatic rings. The Hall–Kier alpha value is -1.92. The van der Waals surface area contributed by atoms with E-state index in [1.54, 1.807) is 14.0 Å². The molecule has 0 N–H and O–H groups in total. The Labute approximate surface area is 97.3 Å². The third-order valence-corrected chi connectivity index (χ3v) is 2.74. The Bertz CT molecular complexity index is 664. The number of nitrogens with zero attached hydrogens (tertiary/aromatic N) is 5. The molecular formula is C10H15N5O2. The summed E-state index contributed by atoms with van der Waals surface area (Å²) in [5.41, 5.74) is 0.105. The van der Waals surface area contributed by atoms with Crippen LogP contribution in [-0.4, -0.2) is 24.1 Å². The van der Waals surface area contributed by atoms with Crippen molar-refractivity contribution < 1.29 is 0 Å². The van der Waals surface area contributed by atoms with E-state index in [9.17, 15) is 9.59 Å². The van der Waals surface area contributed by atoms with E-state index in [-0.39, 0.29) is 11.2 Å². The van der Waals surface area contributed by atoms with E-state index < -0.39 is 0 Å². The predicted molar refractivity (Wildman–Crippen MR) is 63.0 cm³/mol. The van der Waals surface area contributed by atoms with Crippen molar-refractivity contribution in [3.8, 4) is 0 Å². The van der Waals surface area contributed by atoms with Gasteiger partial charge in [0.25, 0.3) is 5.56 Å². The van der Waals surface area contributed by atoms with Crippen LogP contribution in [0.4, 0.5) is 0 Å². The highest BCUT2D eigenvalue weighted by atomic mass is 16.2. The van der Waals surface area contributed by atoms with Gasteiger partial charge in [0.15, 0.2) is 11.2 Å². The van der Waals surface area contributed by atoms with Crippen molar-refractivity contribution in [3.63, 3.8) is 0 Å². The van der Waals surface area contributed by atoms with E-state index >= 15 is 0 Å². The molecule has 2 rings (SSSR count). The van der Waals surface area contributed by atoms with Crippen LogP contribution in [0.2, 0.25) is 0 Å². The van der Waals surface area contributed by atoms with Gasteiger partial charge in [0.1, 0.15) is 0 Å². The molecule has 0 aliphatic heterocycles. The van der Waals surface area contributed by atoms with E-state index in [2.05, 4.69) is 10.3 Å². The fraction of sp³-hybridized carbons (Fsp3) is 0.600. The molecule has 0 atom stereocenters. The van der Waals surface area contributed by atoms with Crippen molar-refractivity contribution in [3.05, 3.63) is 20.8 Å². The van der Waals surface area contributed by atoms with Crippen molar-refractivity contribution in [1.29, 1.82) is 0 Å². The minimum absolute atomic E-state index is 0.313. The summed E-state index contributed by atoms with van der Waals surface area (Å²) in [4.78, 5) is 24.2. The maximum atomic E-state index is 12.1. The maximum absolute atomic E-state index is 12.1. The van der Waals surface area contributed by atoms with Crippen molar-refractivity contribution in [2.45, 2.75) is 33.4 Å². The normalized spacial score (nSPS) is 11.2. The van der Waals surface area contributed by atoms with Gasteiger partial charge < -0.3 is 0 Å². The highest BCUT2D eigenvalue weighted by Gasteiger charge is 2.16. The molecule has 0 bridgehead atoms. The van der Waals surface area contributed by atoms with Gasteiger partial charge in [-0.3, -0.25) is 13.9 Å². The number of fused-ring (bicyclic) bond motifs is 1. The molecule has 0 fully saturated rings. The largest absolute Gasteiger partial charge is 0.332 e. The fourth-order valence-electron chi connectivity index (χ4n) is 1.92. The van der Waals surface area contributed by atoms with Crippen LogP contribution in [0.25, 0.3) is 11.2 Å². The molecule has 0 unspecified atom stereocenters. The second-order valence-electron chi connectivity index (χ2n) is 3.87. The average molecular weight is 237 g/mol. The number of aryl methyl sites for hydroxylation is 2.